The maximum absolute atomic E-state index is 6.26. The number of imidazole rings is 1. The summed E-state index contributed by atoms with van der Waals surface area (Å²) in [5.74, 6) is 2.45. The van der Waals surface area contributed by atoms with Gasteiger partial charge >= 0.3 is 0 Å². The minimum absolute atomic E-state index is 0.136. The van der Waals surface area contributed by atoms with Crippen molar-refractivity contribution in [3.63, 3.8) is 0 Å². The first-order valence-corrected chi connectivity index (χ1v) is 13.3. The van der Waals surface area contributed by atoms with Gasteiger partial charge in [0.05, 0.1) is 30.2 Å². The molecule has 2 fully saturated rings. The number of anilines is 1. The summed E-state index contributed by atoms with van der Waals surface area (Å²) in [5.41, 5.74) is 9.95. The van der Waals surface area contributed by atoms with Crippen molar-refractivity contribution in [1.82, 2.24) is 24.4 Å². The number of hydrogen-bond acceptors (Lipinski definition) is 7. The zero-order valence-corrected chi connectivity index (χ0v) is 21.5. The number of nitrogens with zero attached hydrogens (tertiary/aromatic N) is 5. The zero-order valence-electron chi connectivity index (χ0n) is 20.7. The molecule has 2 aromatic heterocycles. The van der Waals surface area contributed by atoms with E-state index in [1.54, 1.807) is 6.20 Å². The molecule has 2 aliphatic heterocycles. The van der Waals surface area contributed by atoms with E-state index in [1.165, 1.54) is 0 Å². The van der Waals surface area contributed by atoms with E-state index in [0.717, 1.165) is 91.0 Å². The molecule has 1 atom stereocenters. The molecule has 192 valence electrons. The van der Waals surface area contributed by atoms with Crippen LogP contribution in [0.15, 0.2) is 54.7 Å². The molecule has 0 spiro atoms. The quantitative estimate of drug-likeness (QED) is 0.344. The molecule has 0 radical (unpaired) electrons. The van der Waals surface area contributed by atoms with Crippen molar-refractivity contribution < 1.29 is 9.47 Å². The Morgan fingerprint density at radius 2 is 1.84 bits per heavy atom. The molecule has 6 rings (SSSR count). The maximum atomic E-state index is 6.26. The first-order valence-electron chi connectivity index (χ1n) is 12.9. The second kappa shape index (κ2) is 10.7. The largest absolute Gasteiger partial charge is 0.474 e. The summed E-state index contributed by atoms with van der Waals surface area (Å²) in [6, 6.07) is 15.6. The fourth-order valence-electron chi connectivity index (χ4n) is 5.03. The van der Waals surface area contributed by atoms with Crippen LogP contribution >= 0.6 is 11.6 Å². The monoisotopic (exact) mass is 518 g/mol. The smallest absolute Gasteiger partial charge is 0.216 e. The van der Waals surface area contributed by atoms with Gasteiger partial charge in [-0.15, -0.1) is 0 Å². The van der Waals surface area contributed by atoms with Gasteiger partial charge in [0.25, 0.3) is 0 Å². The van der Waals surface area contributed by atoms with Crippen LogP contribution in [0.1, 0.15) is 36.5 Å². The topological polar surface area (TPSA) is 91.3 Å². The number of piperidine rings is 1. The lowest BCUT2D eigenvalue weighted by molar-refractivity contribution is -0.0592. The number of fused-ring (bicyclic) bond motifs is 1. The minimum Gasteiger partial charge on any atom is -0.474 e. The van der Waals surface area contributed by atoms with E-state index in [-0.39, 0.29) is 12.2 Å². The molecule has 0 saturated carbocycles. The third-order valence-electron chi connectivity index (χ3n) is 7.17. The van der Waals surface area contributed by atoms with E-state index in [2.05, 4.69) is 25.5 Å². The van der Waals surface area contributed by atoms with Gasteiger partial charge in [0.1, 0.15) is 17.8 Å². The van der Waals surface area contributed by atoms with Gasteiger partial charge in [-0.3, -0.25) is 4.90 Å². The van der Waals surface area contributed by atoms with Gasteiger partial charge in [0.2, 0.25) is 5.88 Å². The predicted octanol–water partition coefficient (Wildman–Crippen LogP) is 4.49. The second-order valence-electron chi connectivity index (χ2n) is 9.88. The molecule has 2 saturated heterocycles. The van der Waals surface area contributed by atoms with Gasteiger partial charge in [-0.1, -0.05) is 23.7 Å². The molecule has 2 aliphatic rings. The first-order chi connectivity index (χ1) is 18.1. The SMILES string of the molecule is Nc1ccc2c(c1)nc(CN1CCC(Oc3ccnc(Cc4ccc(Cl)cc4)n3)CC1)n2CC1CCO1. The number of hydrogen-bond donors (Lipinski definition) is 1. The number of nitrogen functional groups attached to an aromatic ring is 1. The molecule has 0 amide bonds. The number of aromatic nitrogens is 4. The zero-order chi connectivity index (χ0) is 25.2. The minimum atomic E-state index is 0.136. The Labute approximate surface area is 221 Å². The van der Waals surface area contributed by atoms with Gasteiger partial charge < -0.3 is 19.8 Å². The van der Waals surface area contributed by atoms with E-state index in [4.69, 9.17) is 31.8 Å². The van der Waals surface area contributed by atoms with Gasteiger partial charge in [-0.05, 0) is 55.2 Å². The van der Waals surface area contributed by atoms with Crippen molar-refractivity contribution in [2.45, 2.75) is 51.0 Å². The number of rotatable bonds is 8. The van der Waals surface area contributed by atoms with Crippen molar-refractivity contribution in [3.8, 4) is 5.88 Å². The van der Waals surface area contributed by atoms with Crippen LogP contribution in [0.4, 0.5) is 5.69 Å². The van der Waals surface area contributed by atoms with Gasteiger partial charge in [-0.2, -0.15) is 4.98 Å². The van der Waals surface area contributed by atoms with Crippen molar-refractivity contribution in [3.05, 3.63) is 77.0 Å². The number of nitrogens with two attached hydrogens (primary N) is 1. The number of halogens is 1. The van der Waals surface area contributed by atoms with Crippen molar-refractivity contribution in [2.75, 3.05) is 25.4 Å². The van der Waals surface area contributed by atoms with E-state index >= 15 is 0 Å². The Bertz CT molecular complexity index is 1360. The predicted molar refractivity (Wildman–Crippen MR) is 144 cm³/mol. The van der Waals surface area contributed by atoms with Crippen molar-refractivity contribution in [2.24, 2.45) is 0 Å². The number of ether oxygens (including phenoxy) is 2. The summed E-state index contributed by atoms with van der Waals surface area (Å²) in [7, 11) is 0. The fraction of sp³-hybridized carbons (Fsp3) is 0.393. The summed E-state index contributed by atoms with van der Waals surface area (Å²) in [6.07, 6.45) is 5.80. The molecule has 0 aliphatic carbocycles. The Hall–Kier alpha value is -3.20. The summed E-state index contributed by atoms with van der Waals surface area (Å²) < 4.78 is 14.3. The highest BCUT2D eigenvalue weighted by molar-refractivity contribution is 6.30. The van der Waals surface area contributed by atoms with Crippen LogP contribution in [-0.4, -0.2) is 56.3 Å². The van der Waals surface area contributed by atoms with E-state index < -0.39 is 0 Å². The van der Waals surface area contributed by atoms with Crippen molar-refractivity contribution in [1.29, 1.82) is 0 Å². The van der Waals surface area contributed by atoms with Gasteiger partial charge in [0.15, 0.2) is 0 Å². The fourth-order valence-corrected chi connectivity index (χ4v) is 5.15. The normalized spacial score (nSPS) is 18.7. The van der Waals surface area contributed by atoms with Crippen LogP contribution < -0.4 is 10.5 Å². The van der Waals surface area contributed by atoms with Crippen LogP contribution in [0.3, 0.4) is 0 Å². The van der Waals surface area contributed by atoms with E-state index in [9.17, 15) is 0 Å². The van der Waals surface area contributed by atoms with Crippen LogP contribution in [0.2, 0.25) is 5.02 Å². The lowest BCUT2D eigenvalue weighted by Gasteiger charge is -2.32. The highest BCUT2D eigenvalue weighted by atomic mass is 35.5. The molecule has 0 bridgehead atoms. The van der Waals surface area contributed by atoms with Gasteiger partial charge in [-0.25, -0.2) is 9.97 Å². The third kappa shape index (κ3) is 5.71. The molecular weight excluding hydrogens is 488 g/mol. The third-order valence-corrected chi connectivity index (χ3v) is 7.43. The lowest BCUT2D eigenvalue weighted by atomic mass is 10.1. The number of benzene rings is 2. The highest BCUT2D eigenvalue weighted by Crippen LogP contribution is 2.25. The Kier molecular flexibility index (Phi) is 6.95. The van der Waals surface area contributed by atoms with E-state index in [1.807, 2.05) is 42.5 Å². The van der Waals surface area contributed by atoms with E-state index in [0.29, 0.717) is 12.3 Å². The highest BCUT2D eigenvalue weighted by Gasteiger charge is 2.25. The molecule has 2 N–H and O–H groups in total. The van der Waals surface area contributed by atoms with Crippen LogP contribution in [0.25, 0.3) is 11.0 Å². The average Bonchev–Trinajstić information content (AvgIpc) is 3.20. The summed E-state index contributed by atoms with van der Waals surface area (Å²) in [5, 5.41) is 0.724. The average molecular weight is 519 g/mol. The molecule has 2 aromatic carbocycles. The molecule has 37 heavy (non-hydrogen) atoms. The van der Waals surface area contributed by atoms with Crippen LogP contribution in [0, 0.1) is 0 Å². The summed E-state index contributed by atoms with van der Waals surface area (Å²) >= 11 is 5.99. The lowest BCUT2D eigenvalue weighted by Crippen LogP contribution is -2.39. The van der Waals surface area contributed by atoms with Crippen molar-refractivity contribution >= 4 is 28.3 Å². The molecule has 4 heterocycles. The second-order valence-corrected chi connectivity index (χ2v) is 10.3. The first kappa shape index (κ1) is 24.2. The molecule has 4 aromatic rings. The Balaban J connectivity index is 1.07. The maximum Gasteiger partial charge on any atom is 0.216 e. The van der Waals surface area contributed by atoms with Gasteiger partial charge in [0, 0.05) is 49.1 Å². The number of likely N-dealkylation sites (tertiary alicyclic amines) is 1. The molecular formula is C28H31ClN6O2. The molecule has 1 unspecified atom stereocenters. The standard InChI is InChI=1S/C28H31ClN6O2/c29-20-3-1-19(2-4-20)15-26-31-11-7-28(33-26)37-22-8-12-34(13-9-22)18-27-32-24-16-21(30)5-6-25(24)35(27)17-23-10-14-36-23/h1-7,11,16,22-23H,8-10,12-15,17-18,30H2. The van der Waals surface area contributed by atoms with Crippen LogP contribution in [-0.2, 0) is 24.2 Å². The summed E-state index contributed by atoms with van der Waals surface area (Å²) in [4.78, 5) is 16.5. The summed E-state index contributed by atoms with van der Waals surface area (Å²) in [6.45, 7) is 4.37. The molecule has 8 nitrogen and oxygen atoms in total. The molecule has 9 heteroatoms. The van der Waals surface area contributed by atoms with Crippen LogP contribution in [0.5, 0.6) is 5.88 Å². The Morgan fingerprint density at radius 3 is 2.59 bits per heavy atom. The Morgan fingerprint density at radius 1 is 1.03 bits per heavy atom.